The topological polar surface area (TPSA) is 72.6 Å². The van der Waals surface area contributed by atoms with Gasteiger partial charge < -0.3 is 15.4 Å². The SMILES string of the molecule is NC1(C(=O)N2CCC[C@H](C(=O)c3ccc(Oc4ccccc4)cc3)C2)CC1. The van der Waals surface area contributed by atoms with Crippen LogP contribution in [-0.2, 0) is 4.79 Å². The third-order valence-corrected chi connectivity index (χ3v) is 5.41. The molecule has 1 aliphatic heterocycles. The van der Waals surface area contributed by atoms with Gasteiger partial charge in [0, 0.05) is 24.6 Å². The van der Waals surface area contributed by atoms with Crippen molar-refractivity contribution in [2.45, 2.75) is 31.2 Å². The van der Waals surface area contributed by atoms with Crippen LogP contribution in [-0.4, -0.2) is 35.2 Å². The number of para-hydroxylation sites is 1. The van der Waals surface area contributed by atoms with Crippen LogP contribution in [0, 0.1) is 5.92 Å². The minimum atomic E-state index is -0.665. The number of likely N-dealkylation sites (tertiary alicyclic amines) is 1. The van der Waals surface area contributed by atoms with Gasteiger partial charge in [0.05, 0.1) is 5.54 Å². The highest BCUT2D eigenvalue weighted by Gasteiger charge is 2.49. The normalized spacial score (nSPS) is 20.8. The van der Waals surface area contributed by atoms with E-state index in [1.54, 1.807) is 17.0 Å². The first kappa shape index (κ1) is 17.7. The highest BCUT2D eigenvalue weighted by Crippen LogP contribution is 2.35. The highest BCUT2D eigenvalue weighted by atomic mass is 16.5. The van der Waals surface area contributed by atoms with Gasteiger partial charge in [-0.2, -0.15) is 0 Å². The van der Waals surface area contributed by atoms with Gasteiger partial charge >= 0.3 is 0 Å². The average molecular weight is 364 g/mol. The fraction of sp³-hybridized carbons (Fsp3) is 0.364. The third-order valence-electron chi connectivity index (χ3n) is 5.41. The first-order valence-electron chi connectivity index (χ1n) is 9.51. The van der Waals surface area contributed by atoms with Crippen LogP contribution < -0.4 is 10.5 Å². The molecule has 5 nitrogen and oxygen atoms in total. The van der Waals surface area contributed by atoms with Crippen LogP contribution in [0.2, 0.25) is 0 Å². The van der Waals surface area contributed by atoms with Crippen molar-refractivity contribution in [1.82, 2.24) is 4.90 Å². The number of amides is 1. The number of hydrogen-bond donors (Lipinski definition) is 1. The summed E-state index contributed by atoms with van der Waals surface area (Å²) in [7, 11) is 0. The number of piperidine rings is 1. The van der Waals surface area contributed by atoms with E-state index >= 15 is 0 Å². The van der Waals surface area contributed by atoms with Gasteiger partial charge in [-0.25, -0.2) is 0 Å². The molecule has 0 spiro atoms. The smallest absolute Gasteiger partial charge is 0.242 e. The van der Waals surface area contributed by atoms with Crippen LogP contribution in [0.25, 0.3) is 0 Å². The summed E-state index contributed by atoms with van der Waals surface area (Å²) < 4.78 is 5.77. The van der Waals surface area contributed by atoms with Crippen molar-refractivity contribution in [2.24, 2.45) is 11.7 Å². The molecule has 0 unspecified atom stereocenters. The number of carbonyl (C=O) groups is 2. The van der Waals surface area contributed by atoms with E-state index < -0.39 is 5.54 Å². The fourth-order valence-corrected chi connectivity index (χ4v) is 3.59. The Bertz CT molecular complexity index is 828. The lowest BCUT2D eigenvalue weighted by molar-refractivity contribution is -0.135. The Hall–Kier alpha value is -2.66. The molecule has 1 amide bonds. The highest BCUT2D eigenvalue weighted by molar-refractivity contribution is 5.98. The second-order valence-electron chi connectivity index (χ2n) is 7.55. The Labute approximate surface area is 159 Å². The summed E-state index contributed by atoms with van der Waals surface area (Å²) in [6.45, 7) is 1.17. The predicted octanol–water partition coefficient (Wildman–Crippen LogP) is 3.39. The van der Waals surface area contributed by atoms with E-state index in [0.717, 1.165) is 31.4 Å². The van der Waals surface area contributed by atoms with Gasteiger partial charge in [-0.05, 0) is 62.1 Å². The molecule has 2 aromatic carbocycles. The summed E-state index contributed by atoms with van der Waals surface area (Å²) in [5.41, 5.74) is 6.03. The zero-order valence-corrected chi connectivity index (χ0v) is 15.3. The molecule has 2 fully saturated rings. The van der Waals surface area contributed by atoms with Gasteiger partial charge in [0.2, 0.25) is 5.91 Å². The van der Waals surface area contributed by atoms with E-state index in [2.05, 4.69) is 0 Å². The standard InChI is InChI=1S/C22H24N2O3/c23-22(12-13-22)21(26)24-14-4-5-17(15-24)20(25)16-8-10-19(11-9-16)27-18-6-2-1-3-7-18/h1-3,6-11,17H,4-5,12-15,23H2/t17-/m0/s1. The Kier molecular flexibility index (Phi) is 4.70. The Morgan fingerprint density at radius 2 is 1.67 bits per heavy atom. The molecule has 0 aromatic heterocycles. The second kappa shape index (κ2) is 7.16. The van der Waals surface area contributed by atoms with Crippen LogP contribution in [0.1, 0.15) is 36.0 Å². The summed E-state index contributed by atoms with van der Waals surface area (Å²) in [6.07, 6.45) is 3.16. The van der Waals surface area contributed by atoms with Gasteiger partial charge in [0.15, 0.2) is 5.78 Å². The maximum atomic E-state index is 12.9. The van der Waals surface area contributed by atoms with Crippen molar-refractivity contribution < 1.29 is 14.3 Å². The van der Waals surface area contributed by atoms with Crippen LogP contribution in [0.15, 0.2) is 54.6 Å². The lowest BCUT2D eigenvalue weighted by Gasteiger charge is -2.33. The number of carbonyl (C=O) groups excluding carboxylic acids is 2. The number of nitrogens with two attached hydrogens (primary N) is 1. The molecule has 5 heteroatoms. The third kappa shape index (κ3) is 3.88. The molecule has 2 aromatic rings. The molecule has 0 bridgehead atoms. The van der Waals surface area contributed by atoms with Crippen LogP contribution in [0.3, 0.4) is 0 Å². The van der Waals surface area contributed by atoms with Crippen molar-refractivity contribution in [1.29, 1.82) is 0 Å². The molecular formula is C22H24N2O3. The maximum absolute atomic E-state index is 12.9. The predicted molar refractivity (Wildman–Crippen MR) is 103 cm³/mol. The minimum Gasteiger partial charge on any atom is -0.457 e. The van der Waals surface area contributed by atoms with Gasteiger partial charge in [0.25, 0.3) is 0 Å². The first-order valence-corrected chi connectivity index (χ1v) is 9.51. The van der Waals surface area contributed by atoms with Crippen molar-refractivity contribution >= 4 is 11.7 Å². The average Bonchev–Trinajstić information content (AvgIpc) is 3.47. The lowest BCUT2D eigenvalue weighted by atomic mass is 9.89. The van der Waals surface area contributed by atoms with Crippen LogP contribution in [0.5, 0.6) is 11.5 Å². The monoisotopic (exact) mass is 364 g/mol. The van der Waals surface area contributed by atoms with Gasteiger partial charge in [-0.1, -0.05) is 18.2 Å². The summed E-state index contributed by atoms with van der Waals surface area (Å²) >= 11 is 0. The van der Waals surface area contributed by atoms with Gasteiger partial charge in [-0.3, -0.25) is 9.59 Å². The molecule has 2 aliphatic rings. The number of hydrogen-bond acceptors (Lipinski definition) is 4. The van der Waals surface area contributed by atoms with Crippen molar-refractivity contribution in [3.63, 3.8) is 0 Å². The van der Waals surface area contributed by atoms with Crippen molar-refractivity contribution in [2.75, 3.05) is 13.1 Å². The largest absolute Gasteiger partial charge is 0.457 e. The van der Waals surface area contributed by atoms with E-state index in [0.29, 0.717) is 24.4 Å². The molecular weight excluding hydrogens is 340 g/mol. The summed E-state index contributed by atoms with van der Waals surface area (Å²) in [4.78, 5) is 27.2. The molecule has 140 valence electrons. The molecule has 2 N–H and O–H groups in total. The van der Waals surface area contributed by atoms with Crippen LogP contribution in [0.4, 0.5) is 0 Å². The fourth-order valence-electron chi connectivity index (χ4n) is 3.59. The van der Waals surface area contributed by atoms with Crippen molar-refractivity contribution in [3.05, 3.63) is 60.2 Å². The molecule has 1 saturated carbocycles. The Morgan fingerprint density at radius 3 is 2.33 bits per heavy atom. The maximum Gasteiger partial charge on any atom is 0.242 e. The van der Waals surface area contributed by atoms with Crippen molar-refractivity contribution in [3.8, 4) is 11.5 Å². The zero-order valence-electron chi connectivity index (χ0n) is 15.3. The number of nitrogens with zero attached hydrogens (tertiary/aromatic N) is 1. The first-order chi connectivity index (χ1) is 13.0. The van der Waals surface area contributed by atoms with E-state index in [4.69, 9.17) is 10.5 Å². The summed E-state index contributed by atoms with van der Waals surface area (Å²) in [5, 5.41) is 0. The number of rotatable bonds is 5. The van der Waals surface area contributed by atoms with E-state index in [1.807, 2.05) is 42.5 Å². The molecule has 1 aliphatic carbocycles. The quantitative estimate of drug-likeness (QED) is 0.826. The van der Waals surface area contributed by atoms with Gasteiger partial charge in [0.1, 0.15) is 11.5 Å². The van der Waals surface area contributed by atoms with E-state index in [9.17, 15) is 9.59 Å². The molecule has 27 heavy (non-hydrogen) atoms. The molecule has 4 rings (SSSR count). The zero-order chi connectivity index (χ0) is 18.9. The molecule has 1 atom stereocenters. The number of benzene rings is 2. The summed E-state index contributed by atoms with van der Waals surface area (Å²) in [6, 6.07) is 16.7. The number of ether oxygens (including phenoxy) is 1. The second-order valence-corrected chi connectivity index (χ2v) is 7.55. The van der Waals surface area contributed by atoms with Crippen LogP contribution >= 0.6 is 0 Å². The minimum absolute atomic E-state index is 0.00612. The Balaban J connectivity index is 1.40. The molecule has 1 saturated heterocycles. The Morgan fingerprint density at radius 1 is 1.00 bits per heavy atom. The van der Waals surface area contributed by atoms with E-state index in [-0.39, 0.29) is 17.6 Å². The molecule has 0 radical (unpaired) electrons. The van der Waals surface area contributed by atoms with Gasteiger partial charge in [-0.15, -0.1) is 0 Å². The number of ketones is 1. The van der Waals surface area contributed by atoms with E-state index in [1.165, 1.54) is 0 Å². The lowest BCUT2D eigenvalue weighted by Crippen LogP contribution is -2.50. The summed E-state index contributed by atoms with van der Waals surface area (Å²) in [5.74, 6) is 1.38. The number of Topliss-reactive ketones (excluding diaryl/α,β-unsaturated/α-hetero) is 1. The molecule has 1 heterocycles.